The average Bonchev–Trinajstić information content (AvgIpc) is 2.01. The van der Waals surface area contributed by atoms with E-state index in [9.17, 15) is 5.11 Å². The third kappa shape index (κ3) is 2.35. The number of rotatable bonds is 1. The number of halogens is 1. The molecule has 1 aliphatic rings. The lowest BCUT2D eigenvalue weighted by Crippen LogP contribution is -2.48. The van der Waals surface area contributed by atoms with E-state index >= 15 is 0 Å². The highest BCUT2D eigenvalue weighted by Crippen LogP contribution is 2.22. The van der Waals surface area contributed by atoms with Crippen molar-refractivity contribution in [3.8, 4) is 0 Å². The molecule has 1 rings (SSSR count). The Morgan fingerprint density at radius 1 is 1.42 bits per heavy atom. The minimum Gasteiger partial charge on any atom is -0.393 e. The van der Waals surface area contributed by atoms with E-state index in [4.69, 9.17) is 0 Å². The lowest BCUT2D eigenvalue weighted by Gasteiger charge is -2.40. The Kier molecular flexibility index (Phi) is 5.14. The van der Waals surface area contributed by atoms with E-state index < -0.39 is 0 Å². The lowest BCUT2D eigenvalue weighted by atomic mass is 9.89. The quantitative estimate of drug-likeness (QED) is 0.683. The molecule has 1 fully saturated rings. The van der Waals surface area contributed by atoms with Gasteiger partial charge in [-0.2, -0.15) is 0 Å². The van der Waals surface area contributed by atoms with Crippen molar-refractivity contribution in [1.82, 2.24) is 4.90 Å². The smallest absolute Gasteiger partial charge is 0.0592 e. The zero-order chi connectivity index (χ0) is 8.43. The van der Waals surface area contributed by atoms with Crippen molar-refractivity contribution in [3.05, 3.63) is 0 Å². The van der Waals surface area contributed by atoms with Crippen molar-refractivity contribution in [1.29, 1.82) is 0 Å². The van der Waals surface area contributed by atoms with Crippen LogP contribution in [0.3, 0.4) is 0 Å². The van der Waals surface area contributed by atoms with Crippen LogP contribution in [0.1, 0.15) is 27.2 Å². The van der Waals surface area contributed by atoms with Crippen molar-refractivity contribution in [2.24, 2.45) is 5.92 Å². The van der Waals surface area contributed by atoms with Gasteiger partial charge in [-0.05, 0) is 25.8 Å². The molecule has 1 heterocycles. The summed E-state index contributed by atoms with van der Waals surface area (Å²) >= 11 is 0. The molecule has 0 aliphatic carbocycles. The molecule has 0 bridgehead atoms. The van der Waals surface area contributed by atoms with Crippen molar-refractivity contribution < 1.29 is 5.11 Å². The zero-order valence-electron chi connectivity index (χ0n) is 8.16. The highest BCUT2D eigenvalue weighted by atomic mass is 35.5. The minimum absolute atomic E-state index is 0. The van der Waals surface area contributed by atoms with Crippen LogP contribution in [0.25, 0.3) is 0 Å². The van der Waals surface area contributed by atoms with E-state index in [0.29, 0.717) is 12.0 Å². The average molecular weight is 194 g/mol. The molecule has 0 aromatic rings. The van der Waals surface area contributed by atoms with Crippen LogP contribution in [0.15, 0.2) is 0 Å². The summed E-state index contributed by atoms with van der Waals surface area (Å²) in [5, 5.41) is 9.53. The number of hydrogen-bond donors (Lipinski definition) is 1. The maximum atomic E-state index is 9.53. The number of hydrogen-bond acceptors (Lipinski definition) is 2. The second kappa shape index (κ2) is 5.05. The summed E-state index contributed by atoms with van der Waals surface area (Å²) in [5.74, 6) is 0.434. The Balaban J connectivity index is 0.00000121. The molecule has 0 saturated carbocycles. The number of likely N-dealkylation sites (tertiary alicyclic amines) is 1. The van der Waals surface area contributed by atoms with Gasteiger partial charge in [-0.1, -0.05) is 13.8 Å². The second-order valence-corrected chi connectivity index (χ2v) is 3.58. The predicted molar refractivity (Wildman–Crippen MR) is 53.7 cm³/mol. The van der Waals surface area contributed by atoms with Gasteiger partial charge in [0.1, 0.15) is 0 Å². The first-order chi connectivity index (χ1) is 5.16. The Morgan fingerprint density at radius 3 is 2.50 bits per heavy atom. The molecule has 0 spiro atoms. The summed E-state index contributed by atoms with van der Waals surface area (Å²) < 4.78 is 0. The van der Waals surface area contributed by atoms with Gasteiger partial charge in [-0.25, -0.2) is 0 Å². The largest absolute Gasteiger partial charge is 0.393 e. The molecule has 3 atom stereocenters. The molecular formula is C9H20ClNO. The van der Waals surface area contributed by atoms with Gasteiger partial charge < -0.3 is 10.0 Å². The molecule has 12 heavy (non-hydrogen) atoms. The molecule has 0 aromatic heterocycles. The van der Waals surface area contributed by atoms with Crippen molar-refractivity contribution in [3.63, 3.8) is 0 Å². The Hall–Kier alpha value is 0.210. The van der Waals surface area contributed by atoms with Crippen LogP contribution in [-0.2, 0) is 0 Å². The van der Waals surface area contributed by atoms with Gasteiger partial charge in [0.05, 0.1) is 6.10 Å². The number of aliphatic hydroxyl groups is 1. The molecule has 74 valence electrons. The summed E-state index contributed by atoms with van der Waals surface area (Å²) in [6.45, 7) is 8.69. The number of nitrogens with zero attached hydrogens (tertiary/aromatic N) is 1. The number of aliphatic hydroxyl groups excluding tert-OH is 1. The van der Waals surface area contributed by atoms with Crippen molar-refractivity contribution in [2.45, 2.75) is 39.3 Å². The Morgan fingerprint density at radius 2 is 2.00 bits per heavy atom. The molecule has 1 N–H and O–H groups in total. The monoisotopic (exact) mass is 193 g/mol. The molecule has 0 aromatic carbocycles. The maximum Gasteiger partial charge on any atom is 0.0592 e. The van der Waals surface area contributed by atoms with Gasteiger partial charge in [0.2, 0.25) is 0 Å². The highest BCUT2D eigenvalue weighted by molar-refractivity contribution is 5.85. The second-order valence-electron chi connectivity index (χ2n) is 3.58. The van der Waals surface area contributed by atoms with Crippen LogP contribution in [-0.4, -0.2) is 35.2 Å². The van der Waals surface area contributed by atoms with Crippen LogP contribution in [0.5, 0.6) is 0 Å². The van der Waals surface area contributed by atoms with Gasteiger partial charge in [-0.3, -0.25) is 0 Å². The molecular weight excluding hydrogens is 174 g/mol. The van der Waals surface area contributed by atoms with E-state index in [0.717, 1.165) is 19.5 Å². The lowest BCUT2D eigenvalue weighted by molar-refractivity contribution is 0.000891. The maximum absolute atomic E-state index is 9.53. The Bertz CT molecular complexity index is 130. The number of piperidine rings is 1. The molecule has 0 amide bonds. The zero-order valence-corrected chi connectivity index (χ0v) is 8.97. The van der Waals surface area contributed by atoms with Crippen molar-refractivity contribution >= 4 is 12.4 Å². The van der Waals surface area contributed by atoms with Gasteiger partial charge >= 0.3 is 0 Å². The Labute approximate surface area is 81.4 Å². The molecule has 3 heteroatoms. The summed E-state index contributed by atoms with van der Waals surface area (Å²) in [7, 11) is 0. The van der Waals surface area contributed by atoms with Crippen LogP contribution in [0.4, 0.5) is 0 Å². The van der Waals surface area contributed by atoms with Crippen LogP contribution in [0, 0.1) is 5.92 Å². The summed E-state index contributed by atoms with van der Waals surface area (Å²) in [4.78, 5) is 2.43. The van der Waals surface area contributed by atoms with E-state index in [-0.39, 0.29) is 18.5 Å². The standard InChI is InChI=1S/C9H19NO.ClH/c1-4-10-6-5-9(11)7(2)8(10)3;/h7-9,11H,4-6H2,1-3H3;1H. The van der Waals surface area contributed by atoms with E-state index in [1.165, 1.54) is 0 Å². The fraction of sp³-hybridized carbons (Fsp3) is 1.00. The topological polar surface area (TPSA) is 23.5 Å². The molecule has 3 unspecified atom stereocenters. The van der Waals surface area contributed by atoms with Gasteiger partial charge in [0.25, 0.3) is 0 Å². The minimum atomic E-state index is -0.0761. The third-order valence-electron chi connectivity index (χ3n) is 3.06. The first-order valence-corrected chi connectivity index (χ1v) is 4.59. The normalized spacial score (nSPS) is 37.5. The van der Waals surface area contributed by atoms with Crippen molar-refractivity contribution in [2.75, 3.05) is 13.1 Å². The van der Waals surface area contributed by atoms with Crippen LogP contribution < -0.4 is 0 Å². The summed E-state index contributed by atoms with van der Waals surface area (Å²) in [6, 6.07) is 0.545. The third-order valence-corrected chi connectivity index (χ3v) is 3.06. The van der Waals surface area contributed by atoms with Crippen LogP contribution >= 0.6 is 12.4 Å². The molecule has 1 aliphatic heterocycles. The molecule has 0 radical (unpaired) electrons. The molecule has 1 saturated heterocycles. The molecule has 2 nitrogen and oxygen atoms in total. The van der Waals surface area contributed by atoms with E-state index in [2.05, 4.69) is 25.7 Å². The SMILES string of the molecule is CCN1CCC(O)C(C)C1C.Cl. The fourth-order valence-electron chi connectivity index (χ4n) is 1.86. The van der Waals surface area contributed by atoms with Gasteiger partial charge in [0, 0.05) is 12.6 Å². The van der Waals surface area contributed by atoms with Gasteiger partial charge in [-0.15, -0.1) is 12.4 Å². The van der Waals surface area contributed by atoms with E-state index in [1.54, 1.807) is 0 Å². The first kappa shape index (κ1) is 12.2. The summed E-state index contributed by atoms with van der Waals surface area (Å²) in [6.07, 6.45) is 0.868. The fourth-order valence-corrected chi connectivity index (χ4v) is 1.86. The van der Waals surface area contributed by atoms with Crippen LogP contribution in [0.2, 0.25) is 0 Å². The van der Waals surface area contributed by atoms with Gasteiger partial charge in [0.15, 0.2) is 0 Å². The first-order valence-electron chi connectivity index (χ1n) is 4.59. The highest BCUT2D eigenvalue weighted by Gasteiger charge is 2.29. The predicted octanol–water partition coefficient (Wildman–Crippen LogP) is 1.52. The summed E-state index contributed by atoms with van der Waals surface area (Å²) in [5.41, 5.74) is 0. The van der Waals surface area contributed by atoms with E-state index in [1.807, 2.05) is 0 Å².